The van der Waals surface area contributed by atoms with Gasteiger partial charge in [-0.1, -0.05) is 0 Å². The van der Waals surface area contributed by atoms with E-state index in [9.17, 15) is 32.3 Å². The molecule has 2 aromatic heterocycles. The van der Waals surface area contributed by atoms with E-state index >= 15 is 0 Å². The Bertz CT molecular complexity index is 1040. The Labute approximate surface area is 185 Å². The molecule has 2 N–H and O–H groups in total. The van der Waals surface area contributed by atoms with Gasteiger partial charge in [-0.15, -0.1) is 0 Å². The summed E-state index contributed by atoms with van der Waals surface area (Å²) in [5.74, 6) is -1.63. The maximum atomic E-state index is 14.6. The Balaban J connectivity index is 0.000000374. The maximum Gasteiger partial charge on any atom is 0.408 e. The smallest absolute Gasteiger partial charge is 0.395 e. The van der Waals surface area contributed by atoms with Gasteiger partial charge in [-0.25, -0.2) is 4.98 Å². The van der Waals surface area contributed by atoms with Gasteiger partial charge in [-0.2, -0.15) is 22.5 Å². The molecule has 4 heterocycles. The highest BCUT2D eigenvalue weighted by Crippen LogP contribution is 2.34. The summed E-state index contributed by atoms with van der Waals surface area (Å²) in [6.45, 7) is 1.42. The van der Waals surface area contributed by atoms with Gasteiger partial charge in [-0.05, 0) is 13.3 Å². The zero-order valence-corrected chi connectivity index (χ0v) is 17.8. The number of rotatable bonds is 3. The van der Waals surface area contributed by atoms with Crippen molar-refractivity contribution in [1.82, 2.24) is 19.5 Å². The quantitative estimate of drug-likeness (QED) is 0.616. The van der Waals surface area contributed by atoms with Crippen LogP contribution in [0.1, 0.15) is 13.3 Å². The van der Waals surface area contributed by atoms with Crippen molar-refractivity contribution in [2.24, 2.45) is 0 Å². The number of halogens is 4. The average Bonchev–Trinajstić information content (AvgIpc) is 2.77. The highest BCUT2D eigenvalue weighted by atomic mass is 19.4. The van der Waals surface area contributed by atoms with E-state index in [0.717, 1.165) is 9.47 Å². The summed E-state index contributed by atoms with van der Waals surface area (Å²) in [5.41, 5.74) is -1.12. The number of hydrogen-bond acceptors (Lipinski definition) is 8. The van der Waals surface area contributed by atoms with Gasteiger partial charge < -0.3 is 24.6 Å². The Kier molecular flexibility index (Phi) is 7.68. The van der Waals surface area contributed by atoms with Crippen LogP contribution in [-0.4, -0.2) is 75.8 Å². The number of alkyl halides is 3. The number of β-amino-alcohol motifs (C(OH)–C–C–N with tert-alkyl or cyclic N) is 1. The summed E-state index contributed by atoms with van der Waals surface area (Å²) >= 11 is 0. The lowest BCUT2D eigenvalue weighted by Gasteiger charge is -2.40. The second kappa shape index (κ2) is 10.3. The van der Waals surface area contributed by atoms with Crippen molar-refractivity contribution in [3.05, 3.63) is 45.1 Å². The number of anilines is 2. The number of hydrogen-bond donors (Lipinski definition) is 2. The van der Waals surface area contributed by atoms with E-state index in [4.69, 9.17) is 4.74 Å². The highest BCUT2D eigenvalue weighted by Gasteiger charge is 2.47. The third-order valence-corrected chi connectivity index (χ3v) is 5.29. The molecule has 0 aromatic carbocycles. The largest absolute Gasteiger partial charge is 0.408 e. The van der Waals surface area contributed by atoms with Crippen molar-refractivity contribution >= 4 is 11.8 Å². The zero-order valence-electron chi connectivity index (χ0n) is 17.8. The molecule has 0 radical (unpaired) electrons. The van der Waals surface area contributed by atoms with E-state index in [1.165, 1.54) is 23.5 Å². The third-order valence-electron chi connectivity index (χ3n) is 5.29. The number of aliphatic hydroxyl groups excluding tert-OH is 1. The lowest BCUT2D eigenvalue weighted by Crippen LogP contribution is -2.54. The molecule has 14 heteroatoms. The van der Waals surface area contributed by atoms with Crippen LogP contribution in [0.25, 0.3) is 0 Å². The molecule has 0 aliphatic carbocycles. The summed E-state index contributed by atoms with van der Waals surface area (Å²) in [5, 5.41) is 9.19. The minimum atomic E-state index is -4.56. The molecule has 0 saturated carbocycles. The van der Waals surface area contributed by atoms with Crippen molar-refractivity contribution < 1.29 is 27.4 Å². The van der Waals surface area contributed by atoms with Crippen LogP contribution in [0.3, 0.4) is 0 Å². The molecule has 2 aliphatic heterocycles. The van der Waals surface area contributed by atoms with Crippen molar-refractivity contribution in [2.45, 2.75) is 38.1 Å². The van der Waals surface area contributed by atoms with Crippen LogP contribution in [0.2, 0.25) is 0 Å². The van der Waals surface area contributed by atoms with Crippen molar-refractivity contribution in [1.29, 1.82) is 0 Å². The first-order chi connectivity index (χ1) is 15.6. The molecule has 10 nitrogen and oxygen atoms in total. The molecule has 1 saturated heterocycles. The SMILES string of the molecule is C[C@@H]1COCCN1c1nc2n(c(=O)c1F)CC[C@@H](C(F)(F)F)N2CCO.O=c1ccnc[nH]1. The fraction of sp³-hybridized carbons (Fsp3) is 0.579. The van der Waals surface area contributed by atoms with Crippen LogP contribution in [0.15, 0.2) is 28.2 Å². The average molecular weight is 476 g/mol. The fourth-order valence-electron chi connectivity index (χ4n) is 3.72. The topological polar surface area (TPSA) is 117 Å². The van der Waals surface area contributed by atoms with Crippen molar-refractivity contribution in [3.63, 3.8) is 0 Å². The van der Waals surface area contributed by atoms with Gasteiger partial charge in [-0.3, -0.25) is 14.2 Å². The molecule has 2 atom stereocenters. The van der Waals surface area contributed by atoms with Gasteiger partial charge in [0.05, 0.1) is 32.2 Å². The molecule has 0 bridgehead atoms. The number of aromatic amines is 1. The first kappa shape index (κ1) is 24.6. The summed E-state index contributed by atoms with van der Waals surface area (Å²) in [7, 11) is 0. The molecule has 1 fully saturated rings. The van der Waals surface area contributed by atoms with Gasteiger partial charge in [0.15, 0.2) is 5.82 Å². The van der Waals surface area contributed by atoms with Gasteiger partial charge in [0.25, 0.3) is 11.1 Å². The van der Waals surface area contributed by atoms with Crippen LogP contribution < -0.4 is 20.9 Å². The third kappa shape index (κ3) is 5.50. The first-order valence-electron chi connectivity index (χ1n) is 10.2. The van der Waals surface area contributed by atoms with E-state index in [2.05, 4.69) is 15.0 Å². The second-order valence-electron chi connectivity index (χ2n) is 7.49. The number of nitrogens with zero attached hydrogens (tertiary/aromatic N) is 5. The number of fused-ring (bicyclic) bond motifs is 1. The van der Waals surface area contributed by atoms with E-state index in [1.54, 1.807) is 6.92 Å². The lowest BCUT2D eigenvalue weighted by molar-refractivity contribution is -0.152. The molecule has 0 amide bonds. The summed E-state index contributed by atoms with van der Waals surface area (Å²) in [6.07, 6.45) is -2.18. The van der Waals surface area contributed by atoms with E-state index in [0.29, 0.717) is 13.2 Å². The Morgan fingerprint density at radius 2 is 2.06 bits per heavy atom. The Morgan fingerprint density at radius 3 is 2.61 bits per heavy atom. The second-order valence-corrected chi connectivity index (χ2v) is 7.49. The molecular weight excluding hydrogens is 452 g/mol. The van der Waals surface area contributed by atoms with Crippen LogP contribution >= 0.6 is 0 Å². The fourth-order valence-corrected chi connectivity index (χ4v) is 3.72. The van der Waals surface area contributed by atoms with Gasteiger partial charge in [0.1, 0.15) is 6.04 Å². The molecule has 182 valence electrons. The number of nitrogens with one attached hydrogen (secondary N) is 1. The predicted molar refractivity (Wildman–Crippen MR) is 110 cm³/mol. The Hall–Kier alpha value is -3.00. The summed E-state index contributed by atoms with van der Waals surface area (Å²) in [6, 6.07) is -0.802. The lowest BCUT2D eigenvalue weighted by atomic mass is 10.1. The monoisotopic (exact) mass is 476 g/mol. The van der Waals surface area contributed by atoms with Crippen LogP contribution in [0.5, 0.6) is 0 Å². The van der Waals surface area contributed by atoms with Crippen molar-refractivity contribution in [3.8, 4) is 0 Å². The molecule has 2 aliphatic rings. The highest BCUT2D eigenvalue weighted by molar-refractivity contribution is 5.48. The molecule has 33 heavy (non-hydrogen) atoms. The molecule has 4 rings (SSSR count). The van der Waals surface area contributed by atoms with Gasteiger partial charge >= 0.3 is 6.18 Å². The summed E-state index contributed by atoms with van der Waals surface area (Å²) in [4.78, 5) is 35.0. The molecule has 0 unspecified atom stereocenters. The molecular formula is C19H24F4N6O4. The minimum Gasteiger partial charge on any atom is -0.395 e. The first-order valence-corrected chi connectivity index (χ1v) is 10.2. The molecule has 0 spiro atoms. The van der Waals surface area contributed by atoms with E-state index in [-0.39, 0.29) is 43.0 Å². The van der Waals surface area contributed by atoms with Crippen LogP contribution in [0.4, 0.5) is 29.3 Å². The van der Waals surface area contributed by atoms with Gasteiger partial charge in [0.2, 0.25) is 11.8 Å². The molecule has 2 aromatic rings. The number of aliphatic hydroxyl groups is 1. The van der Waals surface area contributed by atoms with Crippen molar-refractivity contribution in [2.75, 3.05) is 42.7 Å². The number of H-pyrrole nitrogens is 1. The van der Waals surface area contributed by atoms with E-state index < -0.39 is 36.6 Å². The number of aromatic nitrogens is 4. The Morgan fingerprint density at radius 1 is 1.30 bits per heavy atom. The zero-order chi connectivity index (χ0) is 24.2. The number of morpholine rings is 1. The van der Waals surface area contributed by atoms with Crippen LogP contribution in [-0.2, 0) is 11.3 Å². The number of ether oxygens (including phenoxy) is 1. The van der Waals surface area contributed by atoms with Crippen LogP contribution in [0, 0.1) is 5.82 Å². The normalized spacial score (nSPS) is 20.7. The standard InChI is InChI=1S/C15H20F4N4O3.C4H4N2O/c1-9-8-26-7-5-21(9)12-11(16)13(25)23-3-2-10(15(17,18)19)22(4-6-24)14(23)20-12;7-4-1-2-5-3-6-4/h9-10,24H,2-8H2,1H3;1-3H,(H,5,6,7)/t9-,10+;/m1./s1. The predicted octanol–water partition coefficient (Wildman–Crippen LogP) is 0.511. The minimum absolute atomic E-state index is 0.116. The summed E-state index contributed by atoms with van der Waals surface area (Å²) < 4.78 is 60.9. The van der Waals surface area contributed by atoms with E-state index in [1.807, 2.05) is 0 Å². The maximum absolute atomic E-state index is 14.6. The van der Waals surface area contributed by atoms with Gasteiger partial charge in [0, 0.05) is 31.9 Å².